The summed E-state index contributed by atoms with van der Waals surface area (Å²) in [5.74, 6) is -12.7. The summed E-state index contributed by atoms with van der Waals surface area (Å²) in [5, 5.41) is 0.522. The topological polar surface area (TPSA) is 371 Å². The Balaban J connectivity index is 2.03. The lowest BCUT2D eigenvalue weighted by Crippen LogP contribution is -2.11. The maximum absolute atomic E-state index is 13.8. The van der Waals surface area contributed by atoms with E-state index in [-0.39, 0.29) is 112 Å². The van der Waals surface area contributed by atoms with Crippen molar-refractivity contribution in [3.05, 3.63) is 186 Å². The molecule has 4 aromatic rings. The lowest BCUT2D eigenvalue weighted by molar-refractivity contribution is -0.138. The fourth-order valence-electron chi connectivity index (χ4n) is 8.49. The smallest absolute Gasteiger partial charge is 0.339 e. The average molecular weight is 1500 g/mol. The Labute approximate surface area is 621 Å². The summed E-state index contributed by atoms with van der Waals surface area (Å²) in [7, 11) is 0. The first-order valence-corrected chi connectivity index (χ1v) is 33.6. The number of carbonyl (C=O) groups excluding carboxylic acids is 12. The van der Waals surface area contributed by atoms with Crippen molar-refractivity contribution in [3.8, 4) is 34.5 Å². The number of hydrogen-bond donors (Lipinski definition) is 0. The average Bonchev–Trinajstić information content (AvgIpc) is 0.725. The molecule has 0 aliphatic carbocycles. The molecule has 0 heterocycles. The van der Waals surface area contributed by atoms with E-state index in [0.717, 1.165) is 110 Å². The van der Waals surface area contributed by atoms with E-state index in [1.807, 2.05) is 0 Å². The van der Waals surface area contributed by atoms with Crippen molar-refractivity contribution >= 4 is 104 Å². The molecular weight excluding hydrogens is 1420 g/mol. The Morgan fingerprint density at radius 3 is 0.463 bits per heavy atom. The molecular formula is C78H84O30. The normalized spacial score (nSPS) is 11.0. The SMILES string of the molecule is C=CC(=O)OCCCCO/C=C/C(=O)Oc1cc2c3cc(OC(=O)/C=C/OCCCCOC(=O)C=C)c(OC(=O)/C=C/OCCCCOC(=O)C=C)cc3c3cc(OC(=O)/C=C/OCCCCOC(=O)C=C)c(OC(=O)/C=C/OCCCCOC(=O)C=C)cc3c2cc1OC(=O)/C=C/OCCCCOC(=O)C=C. The van der Waals surface area contributed by atoms with Crippen LogP contribution in [0.5, 0.6) is 34.5 Å². The van der Waals surface area contributed by atoms with E-state index in [1.165, 1.54) is 36.4 Å². The van der Waals surface area contributed by atoms with Gasteiger partial charge in [0.25, 0.3) is 0 Å². The molecule has 30 heteroatoms. The van der Waals surface area contributed by atoms with Gasteiger partial charge in [0, 0.05) is 36.5 Å². The predicted octanol–water partition coefficient (Wildman–Crippen LogP) is 10.8. The molecule has 0 atom stereocenters. The molecule has 108 heavy (non-hydrogen) atoms. The molecule has 0 unspecified atom stereocenters. The van der Waals surface area contributed by atoms with Gasteiger partial charge in [0.2, 0.25) is 0 Å². The summed E-state index contributed by atoms with van der Waals surface area (Å²) in [5.41, 5.74) is 0. The van der Waals surface area contributed by atoms with Crippen LogP contribution in [0, 0.1) is 0 Å². The molecule has 0 bridgehead atoms. The van der Waals surface area contributed by atoms with E-state index >= 15 is 0 Å². The molecule has 0 saturated heterocycles. The Morgan fingerprint density at radius 1 is 0.204 bits per heavy atom. The van der Waals surface area contributed by atoms with Crippen molar-refractivity contribution < 1.29 is 143 Å². The molecule has 0 amide bonds. The van der Waals surface area contributed by atoms with Gasteiger partial charge >= 0.3 is 71.6 Å². The van der Waals surface area contributed by atoms with Gasteiger partial charge in [0.1, 0.15) is 0 Å². The summed E-state index contributed by atoms with van der Waals surface area (Å²) in [6.45, 7) is 21.0. The molecule has 0 saturated carbocycles. The second-order valence-corrected chi connectivity index (χ2v) is 21.6. The summed E-state index contributed by atoms with van der Waals surface area (Å²) in [6.07, 6.45) is 22.6. The van der Waals surface area contributed by atoms with Crippen LogP contribution in [0.1, 0.15) is 77.0 Å². The van der Waals surface area contributed by atoms with Crippen molar-refractivity contribution in [2.45, 2.75) is 77.0 Å². The van der Waals surface area contributed by atoms with E-state index in [0.29, 0.717) is 77.0 Å². The number of esters is 12. The number of unbranched alkanes of at least 4 members (excludes halogenated alkanes) is 6. The summed E-state index contributed by atoms with van der Waals surface area (Å²) in [6, 6.07) is 7.61. The van der Waals surface area contributed by atoms with Crippen molar-refractivity contribution in [1.82, 2.24) is 0 Å². The first kappa shape index (κ1) is 87.4. The zero-order chi connectivity index (χ0) is 78.5. The molecule has 0 aromatic heterocycles. The van der Waals surface area contributed by atoms with Crippen molar-refractivity contribution in [3.63, 3.8) is 0 Å². The molecule has 0 N–H and O–H groups in total. The second-order valence-electron chi connectivity index (χ2n) is 21.6. The van der Waals surface area contributed by atoms with Crippen molar-refractivity contribution in [2.75, 3.05) is 79.3 Å². The van der Waals surface area contributed by atoms with Crippen LogP contribution < -0.4 is 28.4 Å². The van der Waals surface area contributed by atoms with Gasteiger partial charge in [-0.15, -0.1) is 0 Å². The van der Waals surface area contributed by atoms with Crippen LogP contribution >= 0.6 is 0 Å². The van der Waals surface area contributed by atoms with E-state index < -0.39 is 106 Å². The number of ether oxygens (including phenoxy) is 18. The Morgan fingerprint density at radius 2 is 0.333 bits per heavy atom. The predicted molar refractivity (Wildman–Crippen MR) is 386 cm³/mol. The number of hydrogen-bond acceptors (Lipinski definition) is 30. The minimum absolute atomic E-state index is 0.0702. The van der Waals surface area contributed by atoms with Crippen LogP contribution in [0.3, 0.4) is 0 Å². The first-order chi connectivity index (χ1) is 52.3. The van der Waals surface area contributed by atoms with Crippen molar-refractivity contribution in [2.24, 2.45) is 0 Å². The Hall–Kier alpha value is -13.0. The van der Waals surface area contributed by atoms with E-state index in [4.69, 9.17) is 85.3 Å². The van der Waals surface area contributed by atoms with Crippen molar-refractivity contribution in [1.29, 1.82) is 0 Å². The third-order valence-corrected chi connectivity index (χ3v) is 13.6. The van der Waals surface area contributed by atoms with Crippen LogP contribution in [0.15, 0.2) is 186 Å². The minimum atomic E-state index is -1.08. The molecule has 0 aliphatic rings. The van der Waals surface area contributed by atoms with Gasteiger partial charge < -0.3 is 85.3 Å². The van der Waals surface area contributed by atoms with E-state index in [2.05, 4.69) is 39.5 Å². The quantitative estimate of drug-likeness (QED) is 0.00753. The fraction of sp³-hybridized carbons (Fsp3) is 0.308. The summed E-state index contributed by atoms with van der Waals surface area (Å²) >= 11 is 0. The monoisotopic (exact) mass is 1500 g/mol. The van der Waals surface area contributed by atoms with Crippen LogP contribution in [0.25, 0.3) is 32.3 Å². The summed E-state index contributed by atoms with van der Waals surface area (Å²) in [4.78, 5) is 152. The van der Waals surface area contributed by atoms with E-state index in [1.54, 1.807) is 0 Å². The summed E-state index contributed by atoms with van der Waals surface area (Å²) < 4.78 is 98.1. The molecule has 0 fully saturated rings. The highest BCUT2D eigenvalue weighted by atomic mass is 16.6. The molecule has 30 nitrogen and oxygen atoms in total. The van der Waals surface area contributed by atoms with Gasteiger partial charge in [-0.1, -0.05) is 39.5 Å². The highest BCUT2D eigenvalue weighted by molar-refractivity contribution is 6.27. The zero-order valence-corrected chi connectivity index (χ0v) is 59.3. The maximum Gasteiger partial charge on any atom is 0.339 e. The number of fused-ring (bicyclic) bond motifs is 6. The van der Waals surface area contributed by atoms with Crippen LogP contribution in [-0.2, 0) is 114 Å². The lowest BCUT2D eigenvalue weighted by Gasteiger charge is -2.18. The minimum Gasteiger partial charge on any atom is -0.501 e. The molecule has 576 valence electrons. The Bertz CT molecular complexity index is 3330. The second kappa shape index (κ2) is 52.0. The fourth-order valence-corrected chi connectivity index (χ4v) is 8.49. The van der Waals surface area contributed by atoms with Crippen LogP contribution in [0.2, 0.25) is 0 Å². The molecule has 4 aromatic carbocycles. The highest BCUT2D eigenvalue weighted by Crippen LogP contribution is 2.47. The first-order valence-electron chi connectivity index (χ1n) is 33.6. The largest absolute Gasteiger partial charge is 0.501 e. The highest BCUT2D eigenvalue weighted by Gasteiger charge is 2.25. The van der Waals surface area contributed by atoms with Gasteiger partial charge in [0.15, 0.2) is 34.5 Å². The molecule has 4 rings (SSSR count). The van der Waals surface area contributed by atoms with Gasteiger partial charge in [-0.05, 0) is 146 Å². The van der Waals surface area contributed by atoms with E-state index in [9.17, 15) is 57.5 Å². The van der Waals surface area contributed by atoms with Gasteiger partial charge in [-0.2, -0.15) is 0 Å². The lowest BCUT2D eigenvalue weighted by atomic mass is 9.93. The third kappa shape index (κ3) is 35.4. The third-order valence-electron chi connectivity index (χ3n) is 13.6. The maximum atomic E-state index is 13.8. The Kier molecular flexibility index (Phi) is 42.1. The molecule has 0 radical (unpaired) electrons. The number of carbonyl (C=O) groups is 12. The van der Waals surface area contributed by atoms with Gasteiger partial charge in [-0.25, -0.2) is 57.5 Å². The molecule has 0 spiro atoms. The molecule has 0 aliphatic heterocycles. The zero-order valence-electron chi connectivity index (χ0n) is 59.3. The number of rotatable bonds is 54. The van der Waals surface area contributed by atoms with Gasteiger partial charge in [0.05, 0.1) is 153 Å². The van der Waals surface area contributed by atoms with Gasteiger partial charge in [-0.3, -0.25) is 0 Å². The number of benzene rings is 4. The standard InChI is InChI=1S/C78H84O30/c1-7-67(79)97-37-19-13-31-91-43-25-73(85)103-61-49-55-56(50-62(61)104-74(86)26-44-92-32-14-20-38-98-68(80)8-2)58-52-64(106-76(88)28-46-94-34-16-22-40-100-70(82)10-4)66(108-78(90)30-48-96-36-18-24-42-102-72(84)12-6)54-60(58)59-53-65(107-77(89)29-47-95-35-17-23-41-101-71(83)11-5)63(51-57(55)59)105-75(87)27-45-93-33-15-21-39-99-69(81)9-3/h7-12,25-30,43-54H,1-6,13-24,31-42H2/b43-25+,44-26+,45-27+,46-28+,47-29+,48-30+. The van der Waals surface area contributed by atoms with Crippen LogP contribution in [0.4, 0.5) is 0 Å². The van der Waals surface area contributed by atoms with Crippen LogP contribution in [-0.4, -0.2) is 151 Å².